The van der Waals surface area contributed by atoms with Gasteiger partial charge in [0, 0.05) is 24.9 Å². The largest absolute Gasteiger partial charge is 0.354 e. The highest BCUT2D eigenvalue weighted by Gasteiger charge is 2.69. The Balaban J connectivity index is 1.35. The van der Waals surface area contributed by atoms with Crippen LogP contribution in [0.5, 0.6) is 0 Å². The first kappa shape index (κ1) is 35.4. The van der Waals surface area contributed by atoms with Crippen LogP contribution in [0.4, 0.5) is 0 Å². The van der Waals surface area contributed by atoms with Crippen molar-refractivity contribution in [3.8, 4) is 0 Å². The second-order valence-electron chi connectivity index (χ2n) is 17.9. The minimum Gasteiger partial charge on any atom is -0.354 e. The predicted molar refractivity (Wildman–Crippen MR) is 188 cm³/mol. The van der Waals surface area contributed by atoms with Gasteiger partial charge in [0.15, 0.2) is 5.78 Å². The summed E-state index contributed by atoms with van der Waals surface area (Å²) in [6.45, 7) is 24.3. The van der Waals surface area contributed by atoms with E-state index in [1.807, 2.05) is 0 Å². The van der Waals surface area contributed by atoms with E-state index in [0.29, 0.717) is 43.2 Å². The summed E-state index contributed by atoms with van der Waals surface area (Å²) < 4.78 is 0. The van der Waals surface area contributed by atoms with E-state index in [1.54, 1.807) is 5.57 Å². The van der Waals surface area contributed by atoms with Gasteiger partial charge in [-0.05, 0) is 109 Å². The third-order valence-corrected chi connectivity index (χ3v) is 15.3. The summed E-state index contributed by atoms with van der Waals surface area (Å²) in [6.07, 6.45) is 17.0. The zero-order valence-corrected chi connectivity index (χ0v) is 30.7. The van der Waals surface area contributed by atoms with Crippen LogP contribution in [-0.2, 0) is 14.4 Å². The molecule has 5 heteroatoms. The van der Waals surface area contributed by atoms with Crippen LogP contribution >= 0.6 is 0 Å². The van der Waals surface area contributed by atoms with Crippen LogP contribution in [0.3, 0.4) is 0 Å². The van der Waals surface area contributed by atoms with Gasteiger partial charge in [0.1, 0.15) is 0 Å². The molecular weight excluding hydrogens is 568 g/mol. The molecule has 0 radical (unpaired) electrons. The lowest BCUT2D eigenvalue weighted by Gasteiger charge is -2.71. The van der Waals surface area contributed by atoms with Gasteiger partial charge in [0.25, 0.3) is 0 Å². The van der Waals surface area contributed by atoms with Gasteiger partial charge in [0.2, 0.25) is 11.8 Å². The van der Waals surface area contributed by atoms with Crippen molar-refractivity contribution in [2.45, 2.75) is 145 Å². The molecule has 5 rings (SSSR count). The third-order valence-electron chi connectivity index (χ3n) is 15.3. The van der Waals surface area contributed by atoms with Gasteiger partial charge in [0.05, 0.1) is 5.41 Å². The number of nitrogens with one attached hydrogen (secondary N) is 2. The van der Waals surface area contributed by atoms with E-state index in [1.165, 1.54) is 19.3 Å². The van der Waals surface area contributed by atoms with Gasteiger partial charge in [-0.15, -0.1) is 0 Å². The van der Waals surface area contributed by atoms with Crippen LogP contribution in [0, 0.1) is 56.7 Å². The molecule has 258 valence electrons. The maximum Gasteiger partial charge on any atom is 0.226 e. The Morgan fingerprint density at radius 2 is 1.59 bits per heavy atom. The molecule has 5 aliphatic rings. The van der Waals surface area contributed by atoms with Crippen molar-refractivity contribution in [1.29, 1.82) is 0 Å². The molecule has 5 nitrogen and oxygen atoms in total. The van der Waals surface area contributed by atoms with Gasteiger partial charge in [-0.3, -0.25) is 14.4 Å². The Kier molecular flexibility index (Phi) is 9.88. The summed E-state index contributed by atoms with van der Waals surface area (Å²) in [7, 11) is 0. The SMILES string of the molecule is C=C1C[C@]2(C)[C@H]3CC=C4[C@@H]5[C@@H](C)[C@H](C)CC[C@]5(C(=O)NCCNC(=O)CCCCCCC)CC[C@@]4(C)[C@]3(C)CC[C@H]2C(C)(C)C1=O. The van der Waals surface area contributed by atoms with E-state index >= 15 is 0 Å². The number of hydrogen-bond acceptors (Lipinski definition) is 3. The van der Waals surface area contributed by atoms with Crippen LogP contribution in [0.1, 0.15) is 145 Å². The number of fused-ring (bicyclic) bond motifs is 7. The molecule has 0 saturated heterocycles. The highest BCUT2D eigenvalue weighted by Crippen LogP contribution is 2.75. The smallest absolute Gasteiger partial charge is 0.226 e. The number of amides is 2. The van der Waals surface area contributed by atoms with Crippen molar-refractivity contribution in [3.05, 3.63) is 23.8 Å². The predicted octanol–water partition coefficient (Wildman–Crippen LogP) is 8.97. The average Bonchev–Trinajstić information content (AvgIpc) is 3.00. The van der Waals surface area contributed by atoms with E-state index in [-0.39, 0.29) is 50.6 Å². The fraction of sp³-hybridized carbons (Fsp3) is 0.829. The van der Waals surface area contributed by atoms with Crippen LogP contribution < -0.4 is 10.6 Å². The Bertz CT molecular complexity index is 1250. The Morgan fingerprint density at radius 3 is 2.30 bits per heavy atom. The molecule has 0 aromatic rings. The van der Waals surface area contributed by atoms with Crippen molar-refractivity contribution in [2.75, 3.05) is 13.1 Å². The summed E-state index contributed by atoms with van der Waals surface area (Å²) in [5.41, 5.74) is 1.84. The number of rotatable bonds is 10. The zero-order valence-electron chi connectivity index (χ0n) is 30.7. The molecule has 0 unspecified atom stereocenters. The molecule has 2 N–H and O–H groups in total. The second-order valence-corrected chi connectivity index (χ2v) is 17.9. The fourth-order valence-electron chi connectivity index (χ4n) is 12.4. The molecule has 0 aromatic heterocycles. The molecule has 0 spiro atoms. The molecule has 4 saturated carbocycles. The lowest BCUT2D eigenvalue weighted by Crippen LogP contribution is -2.65. The average molecular weight is 635 g/mol. The molecule has 0 aromatic carbocycles. The van der Waals surface area contributed by atoms with Crippen molar-refractivity contribution < 1.29 is 14.4 Å². The molecule has 4 fully saturated rings. The topological polar surface area (TPSA) is 75.3 Å². The normalized spacial score (nSPS) is 41.3. The van der Waals surface area contributed by atoms with Crippen LogP contribution in [0.15, 0.2) is 23.8 Å². The van der Waals surface area contributed by atoms with E-state index < -0.39 is 0 Å². The number of carbonyl (C=O) groups excluding carboxylic acids is 3. The van der Waals surface area contributed by atoms with Crippen LogP contribution in [0.25, 0.3) is 0 Å². The molecule has 0 aliphatic heterocycles. The van der Waals surface area contributed by atoms with E-state index in [9.17, 15) is 14.4 Å². The number of carbonyl (C=O) groups is 3. The number of hydrogen-bond donors (Lipinski definition) is 2. The lowest BCUT2D eigenvalue weighted by molar-refractivity contribution is -0.181. The standard InChI is InChI=1S/C41H66N2O3/c1-10-11-12-13-14-15-33(44)42-24-25-43-36(46)41-21-18-27(2)29(4)34(41)30-16-17-32-38(7)26-28(3)35(45)37(5,6)31(38)19-20-40(32,9)39(30,8)22-23-41/h16,27,29,31-32,34H,3,10-15,17-26H2,1-2,4-9H3,(H,42,44)(H,43,46)/t27-,29+,31+,32-,34+,38+,39-,40-,41+/m1/s1. The molecule has 9 atom stereocenters. The highest BCUT2D eigenvalue weighted by molar-refractivity contribution is 6.00. The lowest BCUT2D eigenvalue weighted by atomic mass is 9.33. The molecular formula is C41H66N2O3. The van der Waals surface area contributed by atoms with Gasteiger partial charge in [-0.2, -0.15) is 0 Å². The Labute approximate surface area is 281 Å². The minimum atomic E-state index is -0.377. The summed E-state index contributed by atoms with van der Waals surface area (Å²) in [6, 6.07) is 0. The van der Waals surface area contributed by atoms with Gasteiger partial charge in [-0.25, -0.2) is 0 Å². The van der Waals surface area contributed by atoms with Gasteiger partial charge >= 0.3 is 0 Å². The van der Waals surface area contributed by atoms with Crippen molar-refractivity contribution in [3.63, 3.8) is 0 Å². The van der Waals surface area contributed by atoms with Crippen molar-refractivity contribution in [1.82, 2.24) is 10.6 Å². The fourth-order valence-corrected chi connectivity index (χ4v) is 12.4. The van der Waals surface area contributed by atoms with E-state index in [0.717, 1.165) is 69.8 Å². The summed E-state index contributed by atoms with van der Waals surface area (Å²) in [4.78, 5) is 40.1. The maximum atomic E-state index is 14.3. The zero-order chi connectivity index (χ0) is 33.7. The summed E-state index contributed by atoms with van der Waals surface area (Å²) in [5.74, 6) is 2.72. The van der Waals surface area contributed by atoms with Crippen molar-refractivity contribution >= 4 is 17.6 Å². The minimum absolute atomic E-state index is 0.0295. The molecule has 0 heterocycles. The second kappa shape index (κ2) is 12.8. The Hall–Kier alpha value is -1.91. The van der Waals surface area contributed by atoms with Gasteiger partial charge < -0.3 is 10.6 Å². The summed E-state index contributed by atoms with van der Waals surface area (Å²) >= 11 is 0. The third kappa shape index (κ3) is 5.46. The molecule has 5 aliphatic carbocycles. The highest BCUT2D eigenvalue weighted by atomic mass is 16.2. The van der Waals surface area contributed by atoms with E-state index in [2.05, 4.69) is 78.7 Å². The first-order valence-corrected chi connectivity index (χ1v) is 19.1. The molecule has 2 amide bonds. The number of Topliss-reactive ketones (excluding diaryl/α,β-unsaturated/α-hetero) is 1. The van der Waals surface area contributed by atoms with E-state index in [4.69, 9.17) is 0 Å². The number of unbranched alkanes of at least 4 members (excludes halogenated alkanes) is 4. The van der Waals surface area contributed by atoms with Gasteiger partial charge in [-0.1, -0.05) is 99.3 Å². The number of allylic oxidation sites excluding steroid dienone is 3. The number of ketones is 1. The first-order chi connectivity index (χ1) is 21.6. The van der Waals surface area contributed by atoms with Crippen LogP contribution in [0.2, 0.25) is 0 Å². The quantitative estimate of drug-likeness (QED) is 0.143. The van der Waals surface area contributed by atoms with Crippen LogP contribution in [-0.4, -0.2) is 30.7 Å². The van der Waals surface area contributed by atoms with Crippen molar-refractivity contribution in [2.24, 2.45) is 56.7 Å². The monoisotopic (exact) mass is 635 g/mol. The molecule has 46 heavy (non-hydrogen) atoms. The first-order valence-electron chi connectivity index (χ1n) is 19.1. The summed E-state index contributed by atoms with van der Waals surface area (Å²) in [5, 5.41) is 6.38. The Morgan fingerprint density at radius 1 is 0.891 bits per heavy atom. The maximum absolute atomic E-state index is 14.3. The molecule has 0 bridgehead atoms.